The van der Waals surface area contributed by atoms with Crippen molar-refractivity contribution in [3.05, 3.63) is 22.3 Å². The van der Waals surface area contributed by atoms with E-state index in [4.69, 9.17) is 9.47 Å². The second-order valence-electron chi connectivity index (χ2n) is 4.47. The summed E-state index contributed by atoms with van der Waals surface area (Å²) in [5.74, 6) is 1.56. The minimum Gasteiger partial charge on any atom is -0.493 e. The van der Waals surface area contributed by atoms with Crippen molar-refractivity contribution >= 4 is 0 Å². The van der Waals surface area contributed by atoms with Crippen LogP contribution in [0.1, 0.15) is 29.2 Å². The van der Waals surface area contributed by atoms with Gasteiger partial charge in [-0.3, -0.25) is 0 Å². The Bertz CT molecular complexity index is 409. The molecule has 0 saturated heterocycles. The van der Waals surface area contributed by atoms with Crippen molar-refractivity contribution in [2.75, 3.05) is 14.2 Å². The predicted molar refractivity (Wildman–Crippen MR) is 69.1 cm³/mol. The van der Waals surface area contributed by atoms with Crippen molar-refractivity contribution in [1.82, 2.24) is 0 Å². The van der Waals surface area contributed by atoms with E-state index in [2.05, 4.69) is 6.92 Å². The Morgan fingerprint density at radius 3 is 1.82 bits per heavy atom. The first-order chi connectivity index (χ1) is 7.93. The lowest BCUT2D eigenvalue weighted by Crippen LogP contribution is -2.10. The van der Waals surface area contributed by atoms with Gasteiger partial charge in [-0.25, -0.2) is 0 Å². The van der Waals surface area contributed by atoms with Gasteiger partial charge in [0.1, 0.15) is 0 Å². The van der Waals surface area contributed by atoms with Gasteiger partial charge in [-0.15, -0.1) is 0 Å². The number of hydrogen-bond donors (Lipinski definition) is 1. The van der Waals surface area contributed by atoms with Gasteiger partial charge in [0.2, 0.25) is 0 Å². The highest BCUT2D eigenvalue weighted by Crippen LogP contribution is 2.39. The fourth-order valence-corrected chi connectivity index (χ4v) is 2.25. The summed E-state index contributed by atoms with van der Waals surface area (Å²) in [7, 11) is 3.30. The van der Waals surface area contributed by atoms with Crippen LogP contribution in [0.4, 0.5) is 0 Å². The zero-order chi connectivity index (χ0) is 13.2. The van der Waals surface area contributed by atoms with Crippen LogP contribution in [0, 0.1) is 20.8 Å². The van der Waals surface area contributed by atoms with Gasteiger partial charge in [-0.1, -0.05) is 0 Å². The van der Waals surface area contributed by atoms with Crippen LogP contribution >= 0.6 is 0 Å². The molecule has 17 heavy (non-hydrogen) atoms. The van der Waals surface area contributed by atoms with Crippen LogP contribution in [0.15, 0.2) is 0 Å². The molecule has 0 fully saturated rings. The first-order valence-electron chi connectivity index (χ1n) is 5.82. The summed E-state index contributed by atoms with van der Waals surface area (Å²) in [5.41, 5.74) is 4.44. The molecule has 0 radical (unpaired) electrons. The highest BCUT2D eigenvalue weighted by Gasteiger charge is 2.19. The number of benzene rings is 1. The molecule has 0 aliphatic rings. The lowest BCUT2D eigenvalue weighted by molar-refractivity contribution is 0.195. The molecule has 1 rings (SSSR count). The van der Waals surface area contributed by atoms with Crippen molar-refractivity contribution in [3.63, 3.8) is 0 Å². The van der Waals surface area contributed by atoms with Crippen LogP contribution in [0.5, 0.6) is 11.5 Å². The van der Waals surface area contributed by atoms with Crippen molar-refractivity contribution in [3.8, 4) is 11.5 Å². The van der Waals surface area contributed by atoms with Crippen LogP contribution in [-0.2, 0) is 6.42 Å². The maximum atomic E-state index is 9.56. The summed E-state index contributed by atoms with van der Waals surface area (Å²) in [6.45, 7) is 7.88. The summed E-state index contributed by atoms with van der Waals surface area (Å²) >= 11 is 0. The molecule has 0 aliphatic carbocycles. The smallest absolute Gasteiger partial charge is 0.164 e. The number of aliphatic hydroxyl groups is 1. The maximum absolute atomic E-state index is 9.56. The second-order valence-corrected chi connectivity index (χ2v) is 4.47. The van der Waals surface area contributed by atoms with Crippen LogP contribution in [0.2, 0.25) is 0 Å². The van der Waals surface area contributed by atoms with Gasteiger partial charge >= 0.3 is 0 Å². The van der Waals surface area contributed by atoms with E-state index in [1.807, 2.05) is 13.8 Å². The standard InChI is InChI=1S/C14H22O3/c1-8(15)7-12-9(2)10(3)13(16-5)14(17-6)11(12)4/h8,15H,7H2,1-6H3. The number of hydrogen-bond acceptors (Lipinski definition) is 3. The van der Waals surface area contributed by atoms with Gasteiger partial charge in [-0.2, -0.15) is 0 Å². The second kappa shape index (κ2) is 5.41. The average Bonchev–Trinajstić information content (AvgIpc) is 2.28. The first kappa shape index (κ1) is 13.8. The molecule has 3 heteroatoms. The van der Waals surface area contributed by atoms with E-state index in [9.17, 15) is 5.11 Å². The minimum absolute atomic E-state index is 0.357. The van der Waals surface area contributed by atoms with E-state index >= 15 is 0 Å². The Hall–Kier alpha value is -1.22. The topological polar surface area (TPSA) is 38.7 Å². The maximum Gasteiger partial charge on any atom is 0.164 e. The summed E-state index contributed by atoms with van der Waals surface area (Å²) in [5, 5.41) is 9.56. The lowest BCUT2D eigenvalue weighted by atomic mass is 9.92. The van der Waals surface area contributed by atoms with E-state index in [0.29, 0.717) is 6.42 Å². The average molecular weight is 238 g/mol. The Kier molecular flexibility index (Phi) is 4.40. The molecule has 0 aliphatic heterocycles. The van der Waals surface area contributed by atoms with Gasteiger partial charge in [0.25, 0.3) is 0 Å². The Morgan fingerprint density at radius 2 is 1.41 bits per heavy atom. The zero-order valence-corrected chi connectivity index (χ0v) is 11.5. The SMILES string of the molecule is COc1c(C)c(C)c(CC(C)O)c(C)c1OC. The van der Waals surface area contributed by atoms with Crippen LogP contribution in [-0.4, -0.2) is 25.4 Å². The number of ether oxygens (including phenoxy) is 2. The summed E-state index contributed by atoms with van der Waals surface area (Å²) < 4.78 is 10.8. The number of aliphatic hydroxyl groups excluding tert-OH is 1. The highest BCUT2D eigenvalue weighted by atomic mass is 16.5. The quantitative estimate of drug-likeness (QED) is 0.876. The van der Waals surface area contributed by atoms with Crippen LogP contribution in [0.25, 0.3) is 0 Å². The Labute approximate surface area is 103 Å². The molecule has 0 bridgehead atoms. The molecule has 1 aromatic rings. The van der Waals surface area contributed by atoms with Crippen molar-refractivity contribution in [2.24, 2.45) is 0 Å². The molecule has 1 unspecified atom stereocenters. The Balaban J connectivity index is 3.47. The molecule has 0 aromatic heterocycles. The molecule has 0 amide bonds. The molecule has 1 aromatic carbocycles. The third-order valence-electron chi connectivity index (χ3n) is 3.26. The molecule has 0 saturated carbocycles. The summed E-state index contributed by atoms with van der Waals surface area (Å²) in [6, 6.07) is 0. The lowest BCUT2D eigenvalue weighted by Gasteiger charge is -2.21. The monoisotopic (exact) mass is 238 g/mol. The third kappa shape index (κ3) is 2.55. The third-order valence-corrected chi connectivity index (χ3v) is 3.26. The fourth-order valence-electron chi connectivity index (χ4n) is 2.25. The molecule has 0 spiro atoms. The van der Waals surface area contributed by atoms with E-state index in [0.717, 1.165) is 28.2 Å². The van der Waals surface area contributed by atoms with Gasteiger partial charge in [0.15, 0.2) is 11.5 Å². The van der Waals surface area contributed by atoms with Gasteiger partial charge in [0, 0.05) is 0 Å². The molecule has 1 N–H and O–H groups in total. The van der Waals surface area contributed by atoms with E-state index in [1.54, 1.807) is 21.1 Å². The normalized spacial score (nSPS) is 12.4. The predicted octanol–water partition coefficient (Wildman–Crippen LogP) is 2.55. The van der Waals surface area contributed by atoms with Gasteiger partial charge < -0.3 is 14.6 Å². The van der Waals surface area contributed by atoms with E-state index in [-0.39, 0.29) is 6.10 Å². The van der Waals surface area contributed by atoms with Crippen LogP contribution < -0.4 is 9.47 Å². The zero-order valence-electron chi connectivity index (χ0n) is 11.5. The number of rotatable bonds is 4. The largest absolute Gasteiger partial charge is 0.493 e. The molecular weight excluding hydrogens is 216 g/mol. The van der Waals surface area contributed by atoms with Crippen LogP contribution in [0.3, 0.4) is 0 Å². The fraction of sp³-hybridized carbons (Fsp3) is 0.571. The molecule has 0 heterocycles. The van der Waals surface area contributed by atoms with Crippen molar-refractivity contribution in [1.29, 1.82) is 0 Å². The van der Waals surface area contributed by atoms with E-state index in [1.165, 1.54) is 5.56 Å². The Morgan fingerprint density at radius 1 is 0.941 bits per heavy atom. The van der Waals surface area contributed by atoms with E-state index < -0.39 is 0 Å². The minimum atomic E-state index is -0.357. The number of methoxy groups -OCH3 is 2. The van der Waals surface area contributed by atoms with Gasteiger partial charge in [-0.05, 0) is 56.4 Å². The summed E-state index contributed by atoms with van der Waals surface area (Å²) in [4.78, 5) is 0. The van der Waals surface area contributed by atoms with Crippen molar-refractivity contribution < 1.29 is 14.6 Å². The van der Waals surface area contributed by atoms with Crippen molar-refractivity contribution in [2.45, 2.75) is 40.2 Å². The highest BCUT2D eigenvalue weighted by molar-refractivity contribution is 5.58. The van der Waals surface area contributed by atoms with Gasteiger partial charge in [0.05, 0.1) is 20.3 Å². The molecule has 3 nitrogen and oxygen atoms in total. The first-order valence-corrected chi connectivity index (χ1v) is 5.82. The molecule has 1 atom stereocenters. The molecule has 96 valence electrons. The molecular formula is C14H22O3. The summed E-state index contributed by atoms with van der Waals surface area (Å²) in [6.07, 6.45) is 0.281.